The number of carbonyl (C=O) groups excluding carboxylic acids is 5. The molecular weight excluding hydrogens is 1000 g/mol. The van der Waals surface area contributed by atoms with Crippen LogP contribution in [0.1, 0.15) is 171 Å². The Morgan fingerprint density at radius 3 is 1.15 bits per heavy atom. The third-order valence-corrected chi connectivity index (χ3v) is 12.3. The van der Waals surface area contributed by atoms with Crippen LogP contribution in [0, 0.1) is 0 Å². The topological polar surface area (TPSA) is 236 Å². The van der Waals surface area contributed by atoms with Crippen molar-refractivity contribution in [1.29, 1.82) is 0 Å². The number of nitrogens with one attached hydrogen (secondary N) is 2. The predicted molar refractivity (Wildman–Crippen MR) is 305 cm³/mol. The van der Waals surface area contributed by atoms with E-state index in [4.69, 9.17) is 14.9 Å². The van der Waals surface area contributed by atoms with Crippen LogP contribution in [-0.4, -0.2) is 85.0 Å². The Morgan fingerprint density at radius 1 is 0.468 bits per heavy atom. The van der Waals surface area contributed by atoms with Gasteiger partial charge in [-0.2, -0.15) is 10.2 Å². The maximum Gasteiger partial charge on any atom is 0.375 e. The maximum atomic E-state index is 11.7. The predicted octanol–water partition coefficient (Wildman–Crippen LogP) is 12.7. The number of H-pyrrole nitrogens is 2. The number of ketones is 3. The number of nitrogens with zero attached hydrogens (tertiary/aromatic N) is 2. The van der Waals surface area contributed by atoms with Crippen molar-refractivity contribution in [3.63, 3.8) is 0 Å². The number of aliphatic carboxylic acids is 1. The van der Waals surface area contributed by atoms with Crippen molar-refractivity contribution in [1.82, 2.24) is 20.4 Å². The van der Waals surface area contributed by atoms with Crippen LogP contribution in [0.25, 0.3) is 0 Å². The number of aromatic nitrogens is 4. The first-order valence-electron chi connectivity index (χ1n) is 26.5. The zero-order chi connectivity index (χ0) is 58.1. The van der Waals surface area contributed by atoms with E-state index in [1.807, 2.05) is 129 Å². The average molecular weight is 1080 g/mol. The van der Waals surface area contributed by atoms with E-state index in [0.29, 0.717) is 36.5 Å². The molecule has 0 spiro atoms. The van der Waals surface area contributed by atoms with Crippen molar-refractivity contribution in [2.24, 2.45) is 0 Å². The molecule has 0 radical (unpaired) electrons. The summed E-state index contributed by atoms with van der Waals surface area (Å²) in [5.74, 6) is -2.62. The number of esters is 2. The fraction of sp³-hybridized carbons (Fsp3) is 0.328. The first-order chi connectivity index (χ1) is 37.8. The molecule has 0 fully saturated rings. The number of carbonyl (C=O) groups is 7. The van der Waals surface area contributed by atoms with Gasteiger partial charge in [0.15, 0.2) is 11.4 Å². The van der Waals surface area contributed by atoms with Crippen LogP contribution in [0.15, 0.2) is 164 Å². The lowest BCUT2D eigenvalue weighted by Gasteiger charge is -2.10. The highest BCUT2D eigenvalue weighted by Gasteiger charge is 2.21. The monoisotopic (exact) mass is 1080 g/mol. The number of aromatic carboxylic acids is 1. The smallest absolute Gasteiger partial charge is 0.375 e. The lowest BCUT2D eigenvalue weighted by Crippen LogP contribution is -2.21. The van der Waals surface area contributed by atoms with Crippen LogP contribution in [-0.2, 0) is 46.3 Å². The molecule has 79 heavy (non-hydrogen) atoms. The first kappa shape index (κ1) is 64.7. The Morgan fingerprint density at radius 2 is 0.810 bits per heavy atom. The maximum absolute atomic E-state index is 11.7. The van der Waals surface area contributed by atoms with E-state index >= 15 is 0 Å². The molecule has 0 bridgehead atoms. The molecule has 2 heterocycles. The molecule has 0 aliphatic heterocycles. The van der Waals surface area contributed by atoms with Gasteiger partial charge in [-0.05, 0) is 103 Å². The summed E-state index contributed by atoms with van der Waals surface area (Å²) in [4.78, 5) is 77.6. The highest BCUT2D eigenvalue weighted by atomic mass is 16.5. The van der Waals surface area contributed by atoms with E-state index in [9.17, 15) is 33.6 Å². The molecule has 2 aromatic heterocycles. The number of aromatic amines is 2. The van der Waals surface area contributed by atoms with Gasteiger partial charge < -0.3 is 24.5 Å². The summed E-state index contributed by atoms with van der Waals surface area (Å²) < 4.78 is 9.46. The number of Topliss-reactive ketones (excluding diaryl/α,β-unsaturated/α-hetero) is 3. The molecule has 15 heteroatoms. The molecule has 15 nitrogen and oxygen atoms in total. The molecule has 418 valence electrons. The Balaban J connectivity index is 0.000000263. The van der Waals surface area contributed by atoms with E-state index in [0.717, 1.165) is 35.4 Å². The van der Waals surface area contributed by atoms with Crippen LogP contribution in [0.3, 0.4) is 0 Å². The minimum atomic E-state index is -1.00. The minimum Gasteiger partial charge on any atom is -0.481 e. The molecule has 0 unspecified atom stereocenters. The van der Waals surface area contributed by atoms with E-state index in [2.05, 4.69) is 82.3 Å². The van der Waals surface area contributed by atoms with Gasteiger partial charge in [-0.1, -0.05) is 186 Å². The Hall–Kier alpha value is -8.59. The number of ether oxygens (including phenoxy) is 2. The van der Waals surface area contributed by atoms with Crippen molar-refractivity contribution >= 4 is 41.2 Å². The Kier molecular flexibility index (Phi) is 29.2. The summed E-state index contributed by atoms with van der Waals surface area (Å²) in [5.41, 5.74) is 8.08. The van der Waals surface area contributed by atoms with Gasteiger partial charge in [-0.15, -0.1) is 0 Å². The summed E-state index contributed by atoms with van der Waals surface area (Å²) in [6.45, 7) is 15.7. The SMILES string of the molecule is CC(=O)C[C@H](C)c1ccccc1.CCOC(=O)C(=O)CC(=O)C[C@H](C)c1ccccc1.CCOC(=O)c1cc(C[C@H](C)c2ccccc2)[nH]n1.C[C@@H](CC(=O)O)c1ccccc1.C[C@@H](Cc1cc(C(=O)O)n[nH]1)c1ccccc1. The molecule has 0 aliphatic rings. The van der Waals surface area contributed by atoms with Gasteiger partial charge in [0.1, 0.15) is 11.6 Å². The van der Waals surface area contributed by atoms with Gasteiger partial charge in [-0.25, -0.2) is 14.4 Å². The van der Waals surface area contributed by atoms with Gasteiger partial charge in [-0.3, -0.25) is 24.6 Å². The normalized spacial score (nSPS) is 12.2. The lowest BCUT2D eigenvalue weighted by atomic mass is 9.94. The van der Waals surface area contributed by atoms with Gasteiger partial charge in [0, 0.05) is 24.2 Å². The van der Waals surface area contributed by atoms with E-state index in [1.54, 1.807) is 32.9 Å². The summed E-state index contributed by atoms with van der Waals surface area (Å²) in [7, 11) is 0. The van der Waals surface area contributed by atoms with Crippen LogP contribution < -0.4 is 0 Å². The summed E-state index contributed by atoms with van der Waals surface area (Å²) in [5, 5.41) is 30.7. The highest BCUT2D eigenvalue weighted by Crippen LogP contribution is 2.23. The van der Waals surface area contributed by atoms with Crippen LogP contribution in [0.2, 0.25) is 0 Å². The fourth-order valence-corrected chi connectivity index (χ4v) is 8.08. The zero-order valence-corrected chi connectivity index (χ0v) is 46.6. The second kappa shape index (κ2) is 35.7. The molecule has 0 amide bonds. The summed E-state index contributed by atoms with van der Waals surface area (Å²) in [6.07, 6.45) is 2.28. The van der Waals surface area contributed by atoms with Gasteiger partial charge in [0.2, 0.25) is 5.78 Å². The van der Waals surface area contributed by atoms with Crippen molar-refractivity contribution in [3.8, 4) is 0 Å². The van der Waals surface area contributed by atoms with Crippen molar-refractivity contribution < 1.29 is 53.2 Å². The molecule has 0 saturated heterocycles. The zero-order valence-electron chi connectivity index (χ0n) is 46.6. The van der Waals surface area contributed by atoms with Gasteiger partial charge >= 0.3 is 23.9 Å². The van der Waals surface area contributed by atoms with Crippen LogP contribution in [0.5, 0.6) is 0 Å². The second-order valence-corrected chi connectivity index (χ2v) is 19.1. The van der Waals surface area contributed by atoms with Gasteiger partial charge in [0.25, 0.3) is 0 Å². The first-order valence-corrected chi connectivity index (χ1v) is 26.5. The molecule has 0 aliphatic carbocycles. The number of carboxylic acid groups (broad SMARTS) is 2. The number of hydrogen-bond donors (Lipinski definition) is 4. The highest BCUT2D eigenvalue weighted by molar-refractivity contribution is 6.37. The third kappa shape index (κ3) is 25.4. The number of rotatable bonds is 22. The van der Waals surface area contributed by atoms with E-state index in [-0.39, 0.29) is 60.9 Å². The lowest BCUT2D eigenvalue weighted by molar-refractivity contribution is -0.154. The number of hydrogen-bond acceptors (Lipinski definition) is 11. The fourth-order valence-electron chi connectivity index (χ4n) is 8.08. The van der Waals surface area contributed by atoms with E-state index < -0.39 is 23.7 Å². The molecule has 0 saturated carbocycles. The summed E-state index contributed by atoms with van der Waals surface area (Å²) >= 11 is 0. The average Bonchev–Trinajstić information content (AvgIpc) is 4.13. The number of carboxylic acids is 2. The molecule has 4 N–H and O–H groups in total. The molecular formula is C64H76N4O11. The largest absolute Gasteiger partial charge is 0.481 e. The number of benzene rings is 5. The second-order valence-electron chi connectivity index (χ2n) is 19.1. The van der Waals surface area contributed by atoms with Crippen LogP contribution in [0.4, 0.5) is 0 Å². The third-order valence-electron chi connectivity index (χ3n) is 12.3. The van der Waals surface area contributed by atoms with Crippen LogP contribution >= 0.6 is 0 Å². The van der Waals surface area contributed by atoms with Crippen molar-refractivity contribution in [3.05, 3.63) is 214 Å². The Labute approximate surface area is 464 Å². The Bertz CT molecular complexity index is 2850. The van der Waals surface area contributed by atoms with E-state index in [1.165, 1.54) is 16.7 Å². The molecule has 5 aromatic carbocycles. The molecule has 7 aromatic rings. The summed E-state index contributed by atoms with van der Waals surface area (Å²) in [6, 6.07) is 53.1. The molecule has 7 rings (SSSR count). The molecule has 5 atom stereocenters. The quantitative estimate of drug-likeness (QED) is 0.0281. The van der Waals surface area contributed by atoms with Crippen molar-refractivity contribution in [2.75, 3.05) is 13.2 Å². The van der Waals surface area contributed by atoms with Crippen molar-refractivity contribution in [2.45, 2.75) is 124 Å². The minimum absolute atomic E-state index is 0.0312. The van der Waals surface area contributed by atoms with Gasteiger partial charge in [0.05, 0.1) is 26.1 Å². The standard InChI is InChI=1S/C15H18N2O2.C15H18O4.C13H14N2O2.C11H14O.C10H12O2/c1-3-19-15(18)14-10-13(16-17-14)9-11(2)12-7-5-4-6-8-12;1-3-19-15(18)14(17)10-13(16)9-11(2)12-7-5-4-6-8-12;1-9(10-5-3-2-4-6-10)7-11-8-12(13(16)17)15-14-11;1-9(8-10(2)12)11-6-4-3-5-7-11;1-8(7-10(11)12)9-5-3-2-4-6-9/h4-8,10-11H,3,9H2,1-2H3,(H,16,17);4-8,11H,3,9-10H2,1-2H3;2-6,8-9H,7H2,1H3,(H,14,15)(H,16,17);3-7,9H,8H2,1-2H3;2-6,8H,7H2,1H3,(H,11,12)/t2*11-;2*9-;8-/m00000/s1.